The number of likely N-dealkylation sites (tertiary alicyclic amines) is 1. The second-order valence-corrected chi connectivity index (χ2v) is 11.1. The van der Waals surface area contributed by atoms with Crippen LogP contribution in [0.1, 0.15) is 37.7 Å². The number of hydrogen-bond donors (Lipinski definition) is 1. The van der Waals surface area contributed by atoms with Gasteiger partial charge in [-0.15, -0.1) is 0 Å². The highest BCUT2D eigenvalue weighted by molar-refractivity contribution is 7.72. The maximum Gasteiger partial charge on any atom is 0.256 e. The van der Waals surface area contributed by atoms with Gasteiger partial charge in [0.2, 0.25) is 5.91 Å². The van der Waals surface area contributed by atoms with Crippen molar-refractivity contribution in [1.29, 1.82) is 0 Å². The first-order chi connectivity index (χ1) is 16.8. The Hall–Kier alpha value is -3.07. The SMILES string of the molecule is O=C(C1CC1)N1CC[C@@H](CN2C(=O)C3(CC3)N=C2c2ccc(-c3cccc([SH](=O)=O)c3)cc2F)C1. The smallest absolute Gasteiger partial charge is 0.256 e. The molecule has 35 heavy (non-hydrogen) atoms. The van der Waals surface area contributed by atoms with Gasteiger partial charge in [-0.1, -0.05) is 18.2 Å². The fourth-order valence-corrected chi connectivity index (χ4v) is 5.63. The Bertz CT molecular complexity index is 1340. The molecule has 0 N–H and O–H groups in total. The quantitative estimate of drug-likeness (QED) is 0.625. The van der Waals surface area contributed by atoms with Crippen LogP contribution in [-0.2, 0) is 20.3 Å². The van der Waals surface area contributed by atoms with E-state index in [9.17, 15) is 18.0 Å². The van der Waals surface area contributed by atoms with Gasteiger partial charge in [-0.2, -0.15) is 0 Å². The van der Waals surface area contributed by atoms with Crippen LogP contribution in [0.5, 0.6) is 0 Å². The number of rotatable bonds is 6. The lowest BCUT2D eigenvalue weighted by atomic mass is 10.0. The largest absolute Gasteiger partial charge is 0.342 e. The van der Waals surface area contributed by atoms with Gasteiger partial charge in [0.05, 0.1) is 10.5 Å². The van der Waals surface area contributed by atoms with Crippen LogP contribution in [0, 0.1) is 17.7 Å². The highest BCUT2D eigenvalue weighted by Crippen LogP contribution is 2.46. The summed E-state index contributed by atoms with van der Waals surface area (Å²) in [5.41, 5.74) is 0.656. The zero-order valence-electron chi connectivity index (χ0n) is 19.2. The molecule has 1 atom stereocenters. The topological polar surface area (TPSA) is 87.1 Å². The molecular formula is C26H26FN3O4S. The molecular weight excluding hydrogens is 469 g/mol. The second kappa shape index (κ2) is 8.26. The van der Waals surface area contributed by atoms with Gasteiger partial charge in [-0.3, -0.25) is 19.5 Å². The van der Waals surface area contributed by atoms with E-state index in [0.29, 0.717) is 49.4 Å². The van der Waals surface area contributed by atoms with Crippen LogP contribution in [0.25, 0.3) is 11.1 Å². The number of amidine groups is 1. The lowest BCUT2D eigenvalue weighted by Gasteiger charge is -2.24. The van der Waals surface area contributed by atoms with Gasteiger partial charge in [-0.05, 0) is 73.4 Å². The van der Waals surface area contributed by atoms with E-state index in [1.807, 2.05) is 4.90 Å². The number of carbonyl (C=O) groups is 2. The number of amides is 2. The van der Waals surface area contributed by atoms with E-state index in [1.165, 1.54) is 18.2 Å². The molecule has 9 heteroatoms. The van der Waals surface area contributed by atoms with Crippen LogP contribution < -0.4 is 0 Å². The van der Waals surface area contributed by atoms with Crippen LogP contribution >= 0.6 is 0 Å². The molecule has 2 aliphatic carbocycles. The number of aliphatic imine (C=N–C) groups is 1. The van der Waals surface area contributed by atoms with Gasteiger partial charge in [0.1, 0.15) is 17.2 Å². The van der Waals surface area contributed by atoms with Crippen LogP contribution in [-0.4, -0.2) is 61.0 Å². The Kier molecular flexibility index (Phi) is 5.28. The minimum Gasteiger partial charge on any atom is -0.342 e. The van der Waals surface area contributed by atoms with E-state index in [0.717, 1.165) is 19.3 Å². The predicted octanol–water partition coefficient (Wildman–Crippen LogP) is 2.84. The van der Waals surface area contributed by atoms with Crippen LogP contribution in [0.2, 0.25) is 0 Å². The molecule has 4 aliphatic rings. The van der Waals surface area contributed by atoms with Crippen LogP contribution in [0.15, 0.2) is 52.4 Å². The van der Waals surface area contributed by atoms with Gasteiger partial charge in [0.25, 0.3) is 5.91 Å². The average molecular weight is 496 g/mol. The summed E-state index contributed by atoms with van der Waals surface area (Å²) in [7, 11) is -2.73. The molecule has 6 rings (SSSR count). The van der Waals surface area contributed by atoms with Crippen molar-refractivity contribution < 1.29 is 22.4 Å². The molecule has 7 nitrogen and oxygen atoms in total. The summed E-state index contributed by atoms with van der Waals surface area (Å²) in [5, 5.41) is 0. The Morgan fingerprint density at radius 2 is 1.86 bits per heavy atom. The van der Waals surface area contributed by atoms with Crippen molar-refractivity contribution in [2.45, 2.75) is 42.5 Å². The maximum absolute atomic E-state index is 15.4. The molecule has 0 unspecified atom stereocenters. The first-order valence-electron chi connectivity index (χ1n) is 12.1. The van der Waals surface area contributed by atoms with Crippen molar-refractivity contribution in [2.24, 2.45) is 16.8 Å². The number of carbonyl (C=O) groups excluding carboxylic acids is 2. The molecule has 2 aliphatic heterocycles. The predicted molar refractivity (Wildman–Crippen MR) is 128 cm³/mol. The van der Waals surface area contributed by atoms with E-state index in [2.05, 4.69) is 0 Å². The number of thiol groups is 1. The molecule has 2 amide bonds. The molecule has 182 valence electrons. The normalized spacial score (nSPS) is 22.9. The number of nitrogens with zero attached hydrogens (tertiary/aromatic N) is 3. The Morgan fingerprint density at radius 3 is 2.54 bits per heavy atom. The Morgan fingerprint density at radius 1 is 1.09 bits per heavy atom. The Balaban J connectivity index is 1.25. The van der Waals surface area contributed by atoms with Crippen molar-refractivity contribution in [3.8, 4) is 11.1 Å². The standard InChI is InChI=1S/C26H26FN3O4S/c27-22-13-19(18-2-1-3-20(12-18)35(33)34)6-7-21(22)23-28-26(9-10-26)25(32)30(23)15-16-8-11-29(14-16)24(31)17-4-5-17/h1-3,6-7,12-13,16-17,35H,4-5,8-11,14-15H2/t16-/m1/s1. The summed E-state index contributed by atoms with van der Waals surface area (Å²) in [6.45, 7) is 1.75. The van der Waals surface area contributed by atoms with Gasteiger partial charge >= 0.3 is 0 Å². The molecule has 2 aromatic carbocycles. The molecule has 3 fully saturated rings. The van der Waals surface area contributed by atoms with Gasteiger partial charge in [-0.25, -0.2) is 12.8 Å². The van der Waals surface area contributed by atoms with Crippen molar-refractivity contribution in [3.05, 3.63) is 53.8 Å². The molecule has 0 aromatic heterocycles. The van der Waals surface area contributed by atoms with E-state index in [4.69, 9.17) is 4.99 Å². The minimum absolute atomic E-state index is 0.0742. The van der Waals surface area contributed by atoms with Gasteiger partial charge in [0, 0.05) is 25.6 Å². The number of benzene rings is 2. The van der Waals surface area contributed by atoms with Gasteiger partial charge in [0.15, 0.2) is 10.7 Å². The lowest BCUT2D eigenvalue weighted by Crippen LogP contribution is -2.41. The summed E-state index contributed by atoms with van der Waals surface area (Å²) in [4.78, 5) is 34.1. The lowest BCUT2D eigenvalue weighted by molar-refractivity contribution is -0.131. The zero-order valence-corrected chi connectivity index (χ0v) is 20.0. The highest BCUT2D eigenvalue weighted by atomic mass is 32.2. The first-order valence-corrected chi connectivity index (χ1v) is 13.3. The first kappa shape index (κ1) is 22.4. The fraction of sp³-hybridized carbons (Fsp3) is 0.423. The monoisotopic (exact) mass is 495 g/mol. The zero-order chi connectivity index (χ0) is 24.3. The van der Waals surface area contributed by atoms with Crippen molar-refractivity contribution in [3.63, 3.8) is 0 Å². The summed E-state index contributed by atoms with van der Waals surface area (Å²) < 4.78 is 38.1. The third kappa shape index (κ3) is 4.05. The van der Waals surface area contributed by atoms with Crippen LogP contribution in [0.3, 0.4) is 0 Å². The van der Waals surface area contributed by atoms with E-state index >= 15 is 4.39 Å². The number of hydrogen-bond acceptors (Lipinski definition) is 5. The second-order valence-electron chi connectivity index (χ2n) is 10.1. The maximum atomic E-state index is 15.4. The Labute approximate surface area is 204 Å². The summed E-state index contributed by atoms with van der Waals surface area (Å²) in [6.07, 6.45) is 4.10. The average Bonchev–Trinajstić information content (AvgIpc) is 3.78. The third-order valence-corrected chi connectivity index (χ3v) is 8.21. The van der Waals surface area contributed by atoms with Crippen molar-refractivity contribution >= 4 is 28.4 Å². The summed E-state index contributed by atoms with van der Waals surface area (Å²) in [6, 6.07) is 11.1. The molecule has 2 aromatic rings. The highest BCUT2D eigenvalue weighted by Gasteiger charge is 2.58. The van der Waals surface area contributed by atoms with Gasteiger partial charge < -0.3 is 4.90 Å². The van der Waals surface area contributed by atoms with E-state index in [1.54, 1.807) is 29.2 Å². The van der Waals surface area contributed by atoms with Crippen molar-refractivity contribution in [1.82, 2.24) is 9.80 Å². The number of halogens is 1. The van der Waals surface area contributed by atoms with E-state index in [-0.39, 0.29) is 34.1 Å². The molecule has 1 spiro atoms. The van der Waals surface area contributed by atoms with E-state index < -0.39 is 22.1 Å². The minimum atomic E-state index is -2.73. The molecule has 2 heterocycles. The van der Waals surface area contributed by atoms with Crippen LogP contribution in [0.4, 0.5) is 4.39 Å². The molecule has 1 saturated heterocycles. The molecule has 2 saturated carbocycles. The molecule has 0 bridgehead atoms. The summed E-state index contributed by atoms with van der Waals surface area (Å²) >= 11 is 0. The third-order valence-electron chi connectivity index (χ3n) is 7.51. The van der Waals surface area contributed by atoms with Crippen molar-refractivity contribution in [2.75, 3.05) is 19.6 Å². The summed E-state index contributed by atoms with van der Waals surface area (Å²) in [5.74, 6) is 0.317. The molecule has 0 radical (unpaired) electrons. The fourth-order valence-electron chi connectivity index (χ4n) is 5.18.